The molecule has 0 aliphatic carbocycles. The summed E-state index contributed by atoms with van der Waals surface area (Å²) in [5.74, 6) is -0.808. The van der Waals surface area contributed by atoms with Gasteiger partial charge in [-0.25, -0.2) is 4.79 Å². The number of rotatable bonds is 7. The van der Waals surface area contributed by atoms with Crippen molar-refractivity contribution >= 4 is 17.6 Å². The van der Waals surface area contributed by atoms with Gasteiger partial charge in [0.05, 0.1) is 4.92 Å². The van der Waals surface area contributed by atoms with Gasteiger partial charge in [0.15, 0.2) is 6.10 Å². The summed E-state index contributed by atoms with van der Waals surface area (Å²) >= 11 is 0. The normalized spacial score (nSPS) is 11.5. The maximum atomic E-state index is 12.5. The van der Waals surface area contributed by atoms with E-state index in [2.05, 4.69) is 0 Å². The third-order valence-corrected chi connectivity index (χ3v) is 4.44. The molecule has 8 heteroatoms. The first kappa shape index (κ1) is 20.8. The topological polar surface area (TPSA) is 103 Å². The lowest BCUT2D eigenvalue weighted by Gasteiger charge is -2.21. The molecule has 0 spiro atoms. The van der Waals surface area contributed by atoms with Gasteiger partial charge in [0.25, 0.3) is 11.6 Å². The minimum atomic E-state index is -0.987. The molecule has 0 N–H and O–H groups in total. The van der Waals surface area contributed by atoms with Crippen LogP contribution in [0.1, 0.15) is 23.0 Å². The molecular formula is C22H20N2O6. The predicted molar refractivity (Wildman–Crippen MR) is 109 cm³/mol. The fourth-order valence-electron chi connectivity index (χ4n) is 2.86. The number of non-ortho nitro benzene ring substituents is 1. The van der Waals surface area contributed by atoms with Gasteiger partial charge in [0, 0.05) is 31.3 Å². The van der Waals surface area contributed by atoms with Crippen LogP contribution in [0.2, 0.25) is 0 Å². The molecule has 3 aromatic rings. The Morgan fingerprint density at radius 2 is 1.73 bits per heavy atom. The number of hydrogen-bond acceptors (Lipinski definition) is 6. The molecule has 3 rings (SSSR count). The Kier molecular flexibility index (Phi) is 6.26. The molecule has 1 aromatic heterocycles. The molecule has 0 aliphatic rings. The number of amides is 1. The fraction of sp³-hybridized carbons (Fsp3) is 0.182. The van der Waals surface area contributed by atoms with Crippen LogP contribution in [0.3, 0.4) is 0 Å². The number of carbonyl (C=O) groups excluding carboxylic acids is 2. The molecule has 30 heavy (non-hydrogen) atoms. The second-order valence-electron chi connectivity index (χ2n) is 6.70. The Hall–Kier alpha value is -3.94. The zero-order chi connectivity index (χ0) is 21.7. The van der Waals surface area contributed by atoms with Gasteiger partial charge < -0.3 is 14.1 Å². The highest BCUT2D eigenvalue weighted by Gasteiger charge is 2.24. The van der Waals surface area contributed by atoms with Crippen molar-refractivity contribution < 1.29 is 23.7 Å². The van der Waals surface area contributed by atoms with E-state index in [0.717, 1.165) is 5.56 Å². The van der Waals surface area contributed by atoms with Crippen LogP contribution >= 0.6 is 0 Å². The minimum Gasteiger partial charge on any atom is -0.449 e. The molecule has 1 heterocycles. The maximum absolute atomic E-state index is 12.5. The number of nitro groups is 1. The highest BCUT2D eigenvalue weighted by atomic mass is 16.6. The van der Waals surface area contributed by atoms with Crippen LogP contribution in [0.15, 0.2) is 71.1 Å². The van der Waals surface area contributed by atoms with E-state index in [9.17, 15) is 19.7 Å². The van der Waals surface area contributed by atoms with E-state index in [0.29, 0.717) is 17.9 Å². The molecule has 2 aromatic carbocycles. The third kappa shape index (κ3) is 4.91. The fourth-order valence-corrected chi connectivity index (χ4v) is 2.86. The number of hydrogen-bond donors (Lipinski definition) is 0. The van der Waals surface area contributed by atoms with E-state index in [1.54, 1.807) is 13.1 Å². The van der Waals surface area contributed by atoms with Crippen LogP contribution in [0.4, 0.5) is 5.69 Å². The highest BCUT2D eigenvalue weighted by molar-refractivity contribution is 5.90. The van der Waals surface area contributed by atoms with Crippen molar-refractivity contribution in [2.24, 2.45) is 0 Å². The molecule has 0 saturated carbocycles. The Bertz CT molecular complexity index is 1040. The zero-order valence-electron chi connectivity index (χ0n) is 16.5. The molecule has 0 aliphatic heterocycles. The minimum absolute atomic E-state index is 0.0445. The summed E-state index contributed by atoms with van der Waals surface area (Å²) in [5.41, 5.74) is 1.49. The average molecular weight is 408 g/mol. The SMILES string of the molecule is C[C@@H](OC(=O)c1ccc(-c2ccc([N+](=O)[O-])cc2)o1)C(=O)N(C)Cc1ccccc1. The third-order valence-electron chi connectivity index (χ3n) is 4.44. The van der Waals surface area contributed by atoms with Gasteiger partial charge in [-0.3, -0.25) is 14.9 Å². The maximum Gasteiger partial charge on any atom is 0.375 e. The average Bonchev–Trinajstić information content (AvgIpc) is 3.24. The Morgan fingerprint density at radius 3 is 2.37 bits per heavy atom. The lowest BCUT2D eigenvalue weighted by atomic mass is 10.1. The lowest BCUT2D eigenvalue weighted by molar-refractivity contribution is -0.384. The van der Waals surface area contributed by atoms with Gasteiger partial charge in [-0.15, -0.1) is 0 Å². The van der Waals surface area contributed by atoms with Crippen molar-refractivity contribution in [3.63, 3.8) is 0 Å². The van der Waals surface area contributed by atoms with Gasteiger partial charge >= 0.3 is 5.97 Å². The molecular weight excluding hydrogens is 388 g/mol. The Labute approximate surface area is 172 Å². The number of nitrogens with zero attached hydrogens (tertiary/aromatic N) is 2. The van der Waals surface area contributed by atoms with Crippen LogP contribution in [0.5, 0.6) is 0 Å². The summed E-state index contributed by atoms with van der Waals surface area (Å²) in [6.45, 7) is 1.90. The van der Waals surface area contributed by atoms with Gasteiger partial charge in [-0.05, 0) is 36.8 Å². The van der Waals surface area contributed by atoms with Gasteiger partial charge in [0.2, 0.25) is 5.76 Å². The lowest BCUT2D eigenvalue weighted by Crippen LogP contribution is -2.37. The van der Waals surface area contributed by atoms with Crippen molar-refractivity contribution in [2.75, 3.05) is 7.05 Å². The van der Waals surface area contributed by atoms with E-state index in [4.69, 9.17) is 9.15 Å². The second-order valence-corrected chi connectivity index (χ2v) is 6.70. The molecule has 0 fully saturated rings. The quantitative estimate of drug-likeness (QED) is 0.332. The largest absolute Gasteiger partial charge is 0.449 e. The first-order chi connectivity index (χ1) is 14.3. The zero-order valence-corrected chi connectivity index (χ0v) is 16.5. The summed E-state index contributed by atoms with van der Waals surface area (Å²) in [7, 11) is 1.64. The van der Waals surface area contributed by atoms with E-state index in [-0.39, 0.29) is 17.4 Å². The Morgan fingerprint density at radius 1 is 1.07 bits per heavy atom. The summed E-state index contributed by atoms with van der Waals surface area (Å²) < 4.78 is 10.7. The number of ether oxygens (including phenoxy) is 1. The van der Waals surface area contributed by atoms with Crippen LogP contribution in [0.25, 0.3) is 11.3 Å². The van der Waals surface area contributed by atoms with Crippen molar-refractivity contribution in [2.45, 2.75) is 19.6 Å². The summed E-state index contributed by atoms with van der Waals surface area (Å²) in [6, 6.07) is 18.2. The first-order valence-corrected chi connectivity index (χ1v) is 9.19. The number of benzene rings is 2. The summed E-state index contributed by atoms with van der Waals surface area (Å²) in [6.07, 6.45) is -0.987. The number of carbonyl (C=O) groups is 2. The standard InChI is InChI=1S/C22H20N2O6/c1-15(21(25)23(2)14-16-6-4-3-5-7-16)29-22(26)20-13-12-19(30-20)17-8-10-18(11-9-17)24(27)28/h3-13,15H,14H2,1-2H3/t15-/m1/s1. The highest BCUT2D eigenvalue weighted by Crippen LogP contribution is 2.25. The number of nitro benzene ring substituents is 1. The number of esters is 1. The van der Waals surface area contributed by atoms with Crippen molar-refractivity contribution in [1.82, 2.24) is 4.90 Å². The van der Waals surface area contributed by atoms with E-state index < -0.39 is 17.0 Å². The van der Waals surface area contributed by atoms with Crippen LogP contribution in [0, 0.1) is 10.1 Å². The van der Waals surface area contributed by atoms with Crippen molar-refractivity contribution in [1.29, 1.82) is 0 Å². The van der Waals surface area contributed by atoms with Gasteiger partial charge in [0.1, 0.15) is 5.76 Å². The second kappa shape index (κ2) is 9.04. The van der Waals surface area contributed by atoms with Gasteiger partial charge in [-0.2, -0.15) is 0 Å². The van der Waals surface area contributed by atoms with E-state index in [1.165, 1.54) is 42.2 Å². The number of likely N-dealkylation sites (N-methyl/N-ethyl adjacent to an activating group) is 1. The van der Waals surface area contributed by atoms with E-state index >= 15 is 0 Å². The van der Waals surface area contributed by atoms with Crippen molar-refractivity contribution in [3.05, 3.63) is 88.2 Å². The van der Waals surface area contributed by atoms with Crippen LogP contribution in [-0.4, -0.2) is 34.9 Å². The van der Waals surface area contributed by atoms with E-state index in [1.807, 2.05) is 30.3 Å². The van der Waals surface area contributed by atoms with Crippen LogP contribution in [-0.2, 0) is 16.1 Å². The molecule has 1 atom stereocenters. The summed E-state index contributed by atoms with van der Waals surface area (Å²) in [4.78, 5) is 36.6. The first-order valence-electron chi connectivity index (χ1n) is 9.19. The summed E-state index contributed by atoms with van der Waals surface area (Å²) in [5, 5.41) is 10.7. The molecule has 1 amide bonds. The predicted octanol–water partition coefficient (Wildman–Crippen LogP) is 4.06. The molecule has 0 unspecified atom stereocenters. The molecule has 0 bridgehead atoms. The van der Waals surface area contributed by atoms with Crippen LogP contribution < -0.4 is 0 Å². The Balaban J connectivity index is 1.61. The molecule has 0 radical (unpaired) electrons. The number of furan rings is 1. The monoisotopic (exact) mass is 408 g/mol. The van der Waals surface area contributed by atoms with Gasteiger partial charge in [-0.1, -0.05) is 30.3 Å². The van der Waals surface area contributed by atoms with Crippen molar-refractivity contribution in [3.8, 4) is 11.3 Å². The molecule has 154 valence electrons. The molecule has 8 nitrogen and oxygen atoms in total. The molecule has 0 saturated heterocycles. The smallest absolute Gasteiger partial charge is 0.375 e.